The summed E-state index contributed by atoms with van der Waals surface area (Å²) in [5.74, 6) is 0.107. The molecule has 3 rings (SSSR count). The van der Waals surface area contributed by atoms with Gasteiger partial charge in [-0.3, -0.25) is 9.59 Å². The number of benzene rings is 1. The van der Waals surface area contributed by atoms with Crippen molar-refractivity contribution in [3.8, 4) is 5.75 Å². The highest BCUT2D eigenvalue weighted by Crippen LogP contribution is 2.29. The minimum Gasteiger partial charge on any atom is -0.506 e. The van der Waals surface area contributed by atoms with E-state index in [1.165, 1.54) is 55.4 Å². The Morgan fingerprint density at radius 2 is 2.03 bits per heavy atom. The number of phenolic OH excluding ortho intramolecular Hbond substituents is 1. The molecule has 12 heteroatoms. The minimum atomic E-state index is -3.72. The third kappa shape index (κ3) is 4.82. The quantitative estimate of drug-likeness (QED) is 0.429. The topological polar surface area (TPSA) is 132 Å². The fourth-order valence-electron chi connectivity index (χ4n) is 2.87. The zero-order valence-corrected chi connectivity index (χ0v) is 20.7. The van der Waals surface area contributed by atoms with Gasteiger partial charge in [-0.05, 0) is 44.5 Å². The van der Waals surface area contributed by atoms with E-state index in [1.807, 2.05) is 13.8 Å². The van der Waals surface area contributed by atoms with E-state index in [0.29, 0.717) is 21.8 Å². The van der Waals surface area contributed by atoms with Crippen LogP contribution in [0.25, 0.3) is 10.2 Å². The van der Waals surface area contributed by atoms with Crippen LogP contribution in [0.2, 0.25) is 0 Å². The van der Waals surface area contributed by atoms with Gasteiger partial charge in [0.05, 0.1) is 27.0 Å². The van der Waals surface area contributed by atoms with E-state index in [1.54, 1.807) is 6.92 Å². The van der Waals surface area contributed by atoms with Crippen LogP contribution in [0, 0.1) is 13.8 Å². The second kappa shape index (κ2) is 9.22. The molecule has 0 saturated carbocycles. The predicted octanol–water partition coefficient (Wildman–Crippen LogP) is 2.82. The third-order valence-corrected chi connectivity index (χ3v) is 9.00. The summed E-state index contributed by atoms with van der Waals surface area (Å²) in [6, 6.07) is 3.71. The highest BCUT2D eigenvalue weighted by Gasteiger charge is 2.21. The Labute approximate surface area is 193 Å². The van der Waals surface area contributed by atoms with Gasteiger partial charge in [-0.2, -0.15) is 0 Å². The number of phenols is 1. The Morgan fingerprint density at radius 1 is 1.34 bits per heavy atom. The van der Waals surface area contributed by atoms with Gasteiger partial charge in [0.2, 0.25) is 15.9 Å². The first-order chi connectivity index (χ1) is 14.9. The van der Waals surface area contributed by atoms with Crippen molar-refractivity contribution in [2.75, 3.05) is 19.4 Å². The molecule has 2 aromatic heterocycles. The molecule has 3 aromatic rings. The van der Waals surface area contributed by atoms with Gasteiger partial charge in [0.25, 0.3) is 5.56 Å². The minimum absolute atomic E-state index is 0.00265. The van der Waals surface area contributed by atoms with Crippen LogP contribution in [0.15, 0.2) is 27.9 Å². The molecule has 9 nitrogen and oxygen atoms in total. The van der Waals surface area contributed by atoms with E-state index in [9.17, 15) is 23.1 Å². The van der Waals surface area contributed by atoms with Gasteiger partial charge in [0, 0.05) is 19.0 Å². The maximum atomic E-state index is 12.6. The largest absolute Gasteiger partial charge is 0.506 e. The molecule has 0 bridgehead atoms. The standard InChI is InChI=1S/C20H24N4O5S3/c1-10-11(2)31-20-17(10)19(27)22-16(23-20)9-30-12(3)18(26)21-14-8-13(6-7-15(14)25)32(28,29)24(4)5/h6-8,12,25H,9H2,1-5H3,(H,21,26)(H,22,23,27). The number of aromatic hydroxyl groups is 1. The lowest BCUT2D eigenvalue weighted by Gasteiger charge is -2.15. The second-order valence-electron chi connectivity index (χ2n) is 7.38. The molecule has 0 aliphatic rings. The number of carbonyl (C=O) groups excluding carboxylic acids is 1. The van der Waals surface area contributed by atoms with Crippen LogP contribution >= 0.6 is 23.1 Å². The molecule has 2 heterocycles. The zero-order chi connectivity index (χ0) is 23.8. The van der Waals surface area contributed by atoms with Crippen molar-refractivity contribution in [3.63, 3.8) is 0 Å². The molecule has 32 heavy (non-hydrogen) atoms. The summed E-state index contributed by atoms with van der Waals surface area (Å²) in [5.41, 5.74) is 0.722. The van der Waals surface area contributed by atoms with Gasteiger partial charge >= 0.3 is 0 Å². The van der Waals surface area contributed by atoms with Gasteiger partial charge in [-0.25, -0.2) is 17.7 Å². The van der Waals surface area contributed by atoms with Crippen LogP contribution in [0.1, 0.15) is 23.2 Å². The molecule has 0 aliphatic carbocycles. The monoisotopic (exact) mass is 496 g/mol. The van der Waals surface area contributed by atoms with Gasteiger partial charge in [0.15, 0.2) is 0 Å². The fourth-order valence-corrected chi connectivity index (χ4v) is 5.60. The summed E-state index contributed by atoms with van der Waals surface area (Å²) >= 11 is 2.71. The van der Waals surface area contributed by atoms with Crippen LogP contribution in [-0.4, -0.2) is 53.0 Å². The number of hydrogen-bond acceptors (Lipinski definition) is 8. The Balaban J connectivity index is 1.72. The molecule has 0 fully saturated rings. The molecule has 0 saturated heterocycles. The Hall–Kier alpha value is -2.41. The summed E-state index contributed by atoms with van der Waals surface area (Å²) in [4.78, 5) is 33.9. The summed E-state index contributed by atoms with van der Waals surface area (Å²) in [7, 11) is -0.924. The van der Waals surface area contributed by atoms with Crippen LogP contribution in [-0.2, 0) is 20.6 Å². The maximum Gasteiger partial charge on any atom is 0.259 e. The molecular formula is C20H24N4O5S3. The summed E-state index contributed by atoms with van der Waals surface area (Å²) in [6.45, 7) is 5.50. The first-order valence-electron chi connectivity index (χ1n) is 9.58. The maximum absolute atomic E-state index is 12.6. The number of aryl methyl sites for hydroxylation is 2. The van der Waals surface area contributed by atoms with Gasteiger partial charge in [-0.15, -0.1) is 23.1 Å². The lowest BCUT2D eigenvalue weighted by atomic mass is 10.2. The molecule has 1 unspecified atom stereocenters. The van der Waals surface area contributed by atoms with Gasteiger partial charge in [-0.1, -0.05) is 0 Å². The normalized spacial score (nSPS) is 12.9. The van der Waals surface area contributed by atoms with Crippen LogP contribution in [0.5, 0.6) is 5.75 Å². The highest BCUT2D eigenvalue weighted by atomic mass is 32.2. The number of aromatic amines is 1. The number of thioether (sulfide) groups is 1. The molecule has 0 spiro atoms. The lowest BCUT2D eigenvalue weighted by Crippen LogP contribution is -2.24. The average molecular weight is 497 g/mol. The van der Waals surface area contributed by atoms with Crippen molar-refractivity contribution in [2.24, 2.45) is 0 Å². The van der Waals surface area contributed by atoms with E-state index in [2.05, 4.69) is 15.3 Å². The Morgan fingerprint density at radius 3 is 2.69 bits per heavy atom. The first kappa shape index (κ1) is 24.2. The van der Waals surface area contributed by atoms with E-state index in [-0.39, 0.29) is 21.9 Å². The number of thiophene rings is 1. The zero-order valence-electron chi connectivity index (χ0n) is 18.2. The van der Waals surface area contributed by atoms with E-state index in [0.717, 1.165) is 14.7 Å². The highest BCUT2D eigenvalue weighted by molar-refractivity contribution is 7.99. The van der Waals surface area contributed by atoms with Gasteiger partial charge < -0.3 is 15.4 Å². The molecule has 0 aliphatic heterocycles. The molecule has 1 aromatic carbocycles. The third-order valence-electron chi connectivity index (χ3n) is 4.93. The number of amides is 1. The predicted molar refractivity (Wildman–Crippen MR) is 128 cm³/mol. The number of H-pyrrole nitrogens is 1. The number of nitrogens with zero attached hydrogens (tertiary/aromatic N) is 2. The number of hydrogen-bond donors (Lipinski definition) is 3. The number of sulfonamides is 1. The van der Waals surface area contributed by atoms with E-state index < -0.39 is 21.2 Å². The van der Waals surface area contributed by atoms with Crippen molar-refractivity contribution in [2.45, 2.75) is 36.7 Å². The fraction of sp³-hybridized carbons (Fsp3) is 0.350. The van der Waals surface area contributed by atoms with Crippen LogP contribution < -0.4 is 10.9 Å². The van der Waals surface area contributed by atoms with Crippen molar-refractivity contribution < 1.29 is 18.3 Å². The van der Waals surface area contributed by atoms with Gasteiger partial charge in [0.1, 0.15) is 16.4 Å². The van der Waals surface area contributed by atoms with Crippen molar-refractivity contribution >= 4 is 54.9 Å². The molecule has 0 radical (unpaired) electrons. The number of carbonyl (C=O) groups is 1. The van der Waals surface area contributed by atoms with Crippen molar-refractivity contribution in [1.82, 2.24) is 14.3 Å². The second-order valence-corrected chi connectivity index (χ2v) is 12.1. The molecular weight excluding hydrogens is 472 g/mol. The summed E-state index contributed by atoms with van der Waals surface area (Å²) in [5, 5.41) is 12.7. The number of anilines is 1. The molecule has 3 N–H and O–H groups in total. The van der Waals surface area contributed by atoms with Crippen LogP contribution in [0.3, 0.4) is 0 Å². The smallest absolute Gasteiger partial charge is 0.259 e. The van der Waals surface area contributed by atoms with E-state index >= 15 is 0 Å². The number of fused-ring (bicyclic) bond motifs is 1. The van der Waals surface area contributed by atoms with Crippen molar-refractivity contribution in [3.05, 3.63) is 44.8 Å². The number of rotatable bonds is 7. The first-order valence-corrected chi connectivity index (χ1v) is 12.9. The average Bonchev–Trinajstić information content (AvgIpc) is 3.01. The Kier molecular flexibility index (Phi) is 6.98. The number of aromatic nitrogens is 2. The Bertz CT molecular complexity index is 1350. The van der Waals surface area contributed by atoms with E-state index in [4.69, 9.17) is 0 Å². The van der Waals surface area contributed by atoms with Crippen molar-refractivity contribution in [1.29, 1.82) is 0 Å². The number of nitrogens with one attached hydrogen (secondary N) is 2. The summed E-state index contributed by atoms with van der Waals surface area (Å²) in [6.07, 6.45) is 0. The van der Waals surface area contributed by atoms with Crippen LogP contribution in [0.4, 0.5) is 5.69 Å². The molecule has 1 amide bonds. The molecule has 1 atom stereocenters. The summed E-state index contributed by atoms with van der Waals surface area (Å²) < 4.78 is 25.7. The molecule has 172 valence electrons. The lowest BCUT2D eigenvalue weighted by molar-refractivity contribution is -0.115. The SMILES string of the molecule is Cc1sc2nc(CSC(C)C(=O)Nc3cc(S(=O)(=O)N(C)C)ccc3O)[nH]c(=O)c2c1C.